The van der Waals surface area contributed by atoms with Crippen molar-refractivity contribution in [3.63, 3.8) is 0 Å². The van der Waals surface area contributed by atoms with Gasteiger partial charge >= 0.3 is 0 Å². The summed E-state index contributed by atoms with van der Waals surface area (Å²) in [5.41, 5.74) is 0.607. The minimum absolute atomic E-state index is 0.0346. The van der Waals surface area contributed by atoms with Gasteiger partial charge in [-0.1, -0.05) is 84.5 Å². The average Bonchev–Trinajstić information content (AvgIpc) is 2.93. The molecule has 7 nitrogen and oxygen atoms in total. The first-order valence-electron chi connectivity index (χ1n) is 13.0. The van der Waals surface area contributed by atoms with E-state index in [0.717, 1.165) is 4.31 Å². The molecule has 0 spiro atoms. The van der Waals surface area contributed by atoms with Crippen LogP contribution in [0.15, 0.2) is 71.6 Å². The van der Waals surface area contributed by atoms with E-state index in [-0.39, 0.29) is 40.5 Å². The predicted octanol–water partition coefficient (Wildman–Crippen LogP) is 7.22. The summed E-state index contributed by atoms with van der Waals surface area (Å²) in [6.07, 6.45) is 0.962. The Hall–Kier alpha value is -2.49. The highest BCUT2D eigenvalue weighted by Gasteiger charge is 2.35. The van der Waals surface area contributed by atoms with Crippen molar-refractivity contribution in [1.29, 1.82) is 0 Å². The number of hydrogen-bond acceptors (Lipinski definition) is 4. The summed E-state index contributed by atoms with van der Waals surface area (Å²) in [5, 5.41) is 3.99. The number of benzene rings is 3. The quantitative estimate of drug-likeness (QED) is 0.223. The van der Waals surface area contributed by atoms with Crippen LogP contribution in [-0.4, -0.2) is 43.8 Å². The van der Waals surface area contributed by atoms with Gasteiger partial charge < -0.3 is 10.2 Å². The maximum atomic E-state index is 14.1. The van der Waals surface area contributed by atoms with Crippen molar-refractivity contribution in [3.05, 3.63) is 92.4 Å². The number of carbonyl (C=O) groups is 2. The van der Waals surface area contributed by atoms with E-state index in [0.29, 0.717) is 27.1 Å². The number of nitrogens with zero attached hydrogens (tertiary/aromatic N) is 2. The van der Waals surface area contributed by atoms with Gasteiger partial charge in [-0.2, -0.15) is 0 Å². The van der Waals surface area contributed by atoms with Crippen LogP contribution in [0.4, 0.5) is 5.69 Å². The highest BCUT2D eigenvalue weighted by atomic mass is 35.5. The van der Waals surface area contributed by atoms with Crippen molar-refractivity contribution in [3.8, 4) is 0 Å². The van der Waals surface area contributed by atoms with Gasteiger partial charge in [-0.05, 0) is 67.8 Å². The highest BCUT2D eigenvalue weighted by molar-refractivity contribution is 7.92. The zero-order valence-electron chi connectivity index (χ0n) is 22.8. The summed E-state index contributed by atoms with van der Waals surface area (Å²) in [5.74, 6) is -0.991. The third kappa shape index (κ3) is 8.30. The molecule has 0 radical (unpaired) electrons. The lowest BCUT2D eigenvalue weighted by Gasteiger charge is -2.34. The molecule has 0 aliphatic rings. The maximum Gasteiger partial charge on any atom is 0.264 e. The number of anilines is 1. The minimum Gasteiger partial charge on any atom is -0.352 e. The molecule has 0 saturated carbocycles. The second-order valence-electron chi connectivity index (χ2n) is 9.42. The van der Waals surface area contributed by atoms with Gasteiger partial charge in [0.05, 0.1) is 15.6 Å². The molecule has 220 valence electrons. The van der Waals surface area contributed by atoms with E-state index in [1.54, 1.807) is 43.3 Å². The number of hydrogen-bond donors (Lipinski definition) is 1. The number of halogens is 4. The molecule has 12 heteroatoms. The molecule has 2 atom stereocenters. The summed E-state index contributed by atoms with van der Waals surface area (Å²) in [7, 11) is -4.27. The number of sulfonamides is 1. The van der Waals surface area contributed by atoms with Crippen LogP contribution in [0, 0.1) is 0 Å². The van der Waals surface area contributed by atoms with Crippen molar-refractivity contribution in [1.82, 2.24) is 10.2 Å². The smallest absolute Gasteiger partial charge is 0.264 e. The van der Waals surface area contributed by atoms with E-state index in [1.807, 2.05) is 13.8 Å². The molecule has 41 heavy (non-hydrogen) atoms. The Labute approximate surface area is 261 Å². The Bertz CT molecular complexity index is 1490. The largest absolute Gasteiger partial charge is 0.352 e. The van der Waals surface area contributed by atoms with Crippen LogP contribution in [0.5, 0.6) is 0 Å². The molecule has 3 aromatic rings. The van der Waals surface area contributed by atoms with Crippen LogP contribution in [0.2, 0.25) is 20.1 Å². The first kappa shape index (κ1) is 33.0. The molecule has 0 aliphatic carbocycles. The zero-order chi connectivity index (χ0) is 30.3. The summed E-state index contributed by atoms with van der Waals surface area (Å²) < 4.78 is 28.7. The average molecular weight is 659 g/mol. The lowest BCUT2D eigenvalue weighted by atomic mass is 10.1. The van der Waals surface area contributed by atoms with Gasteiger partial charge in [0, 0.05) is 27.7 Å². The molecule has 0 saturated heterocycles. The maximum absolute atomic E-state index is 14.1. The Morgan fingerprint density at radius 1 is 0.854 bits per heavy atom. The topological polar surface area (TPSA) is 86.8 Å². The second-order valence-corrected chi connectivity index (χ2v) is 13.0. The molecule has 0 bridgehead atoms. The fourth-order valence-electron chi connectivity index (χ4n) is 4.11. The molecule has 0 aromatic heterocycles. The summed E-state index contributed by atoms with van der Waals surface area (Å²) >= 11 is 25.0. The van der Waals surface area contributed by atoms with Crippen LogP contribution in [0.1, 0.15) is 39.2 Å². The van der Waals surface area contributed by atoms with Gasteiger partial charge in [0.25, 0.3) is 10.0 Å². The Morgan fingerprint density at radius 2 is 1.46 bits per heavy atom. The summed E-state index contributed by atoms with van der Waals surface area (Å²) in [4.78, 5) is 28.8. The fraction of sp³-hybridized carbons (Fsp3) is 0.310. The highest BCUT2D eigenvalue weighted by Crippen LogP contribution is 2.33. The molecule has 2 amide bonds. The van der Waals surface area contributed by atoms with Gasteiger partial charge in [-0.25, -0.2) is 8.42 Å². The van der Waals surface area contributed by atoms with Gasteiger partial charge in [0.2, 0.25) is 11.8 Å². The standard InChI is InChI=1S/C29H31Cl4N3O4S/c1-4-19(3)34-29(38)26(5-2)35(17-20-11-12-21(30)15-24(20)32)28(37)18-36(27-14-13-22(31)16-25(27)33)41(39,40)23-9-7-6-8-10-23/h6-16,19,26H,4-5,17-18H2,1-3H3,(H,34,38)/t19-,26-/m0/s1. The molecule has 0 unspecified atom stereocenters. The van der Waals surface area contributed by atoms with Crippen molar-refractivity contribution in [2.75, 3.05) is 10.8 Å². The minimum atomic E-state index is -4.27. The molecule has 0 aliphatic heterocycles. The third-order valence-electron chi connectivity index (χ3n) is 6.53. The lowest BCUT2D eigenvalue weighted by Crippen LogP contribution is -2.53. The Kier molecular flexibility index (Phi) is 11.8. The van der Waals surface area contributed by atoms with Crippen molar-refractivity contribution < 1.29 is 18.0 Å². The van der Waals surface area contributed by atoms with Crippen LogP contribution in [-0.2, 0) is 26.2 Å². The van der Waals surface area contributed by atoms with Crippen LogP contribution >= 0.6 is 46.4 Å². The van der Waals surface area contributed by atoms with E-state index in [2.05, 4.69) is 5.32 Å². The van der Waals surface area contributed by atoms with Crippen LogP contribution in [0.25, 0.3) is 0 Å². The fourth-order valence-corrected chi connectivity index (χ4v) is 6.59. The van der Waals surface area contributed by atoms with Gasteiger partial charge in [-0.3, -0.25) is 13.9 Å². The lowest BCUT2D eigenvalue weighted by molar-refractivity contribution is -0.140. The zero-order valence-corrected chi connectivity index (χ0v) is 26.6. The first-order valence-corrected chi connectivity index (χ1v) is 15.9. The van der Waals surface area contributed by atoms with Crippen LogP contribution < -0.4 is 9.62 Å². The predicted molar refractivity (Wildman–Crippen MR) is 166 cm³/mol. The summed E-state index contributed by atoms with van der Waals surface area (Å²) in [6.45, 7) is 4.87. The van der Waals surface area contributed by atoms with Crippen molar-refractivity contribution >= 4 is 73.9 Å². The van der Waals surface area contributed by atoms with E-state index in [9.17, 15) is 18.0 Å². The summed E-state index contributed by atoms with van der Waals surface area (Å²) in [6, 6.07) is 15.8. The van der Waals surface area contributed by atoms with Crippen LogP contribution in [0.3, 0.4) is 0 Å². The molecule has 0 heterocycles. The molecule has 0 fully saturated rings. The molecular formula is C29H31Cl4N3O4S. The first-order chi connectivity index (χ1) is 19.4. The van der Waals surface area contributed by atoms with E-state index < -0.39 is 28.5 Å². The Morgan fingerprint density at radius 3 is 2.02 bits per heavy atom. The van der Waals surface area contributed by atoms with Crippen molar-refractivity contribution in [2.45, 2.75) is 57.1 Å². The number of carbonyl (C=O) groups excluding carboxylic acids is 2. The third-order valence-corrected chi connectivity index (χ3v) is 9.43. The van der Waals surface area contributed by atoms with E-state index in [4.69, 9.17) is 46.4 Å². The molecule has 3 aromatic carbocycles. The van der Waals surface area contributed by atoms with Gasteiger partial charge in [-0.15, -0.1) is 0 Å². The van der Waals surface area contributed by atoms with Crippen molar-refractivity contribution in [2.24, 2.45) is 0 Å². The van der Waals surface area contributed by atoms with Gasteiger partial charge in [0.1, 0.15) is 12.6 Å². The van der Waals surface area contributed by atoms with Gasteiger partial charge in [0.15, 0.2) is 0 Å². The molecule has 3 rings (SSSR count). The molecule has 1 N–H and O–H groups in total. The van der Waals surface area contributed by atoms with E-state index >= 15 is 0 Å². The van der Waals surface area contributed by atoms with E-state index in [1.165, 1.54) is 35.2 Å². The normalized spacial score (nSPS) is 12.9. The number of rotatable bonds is 12. The number of nitrogens with one attached hydrogen (secondary N) is 1. The second kappa shape index (κ2) is 14.6. The monoisotopic (exact) mass is 657 g/mol. The molecular weight excluding hydrogens is 628 g/mol. The SMILES string of the molecule is CC[C@H](C)NC(=O)[C@H](CC)N(Cc1ccc(Cl)cc1Cl)C(=O)CN(c1ccc(Cl)cc1Cl)S(=O)(=O)c1ccccc1. The number of amides is 2. The Balaban J connectivity index is 2.11.